The quantitative estimate of drug-likeness (QED) is 0.550. The fourth-order valence-electron chi connectivity index (χ4n) is 3.81. The molecule has 0 saturated carbocycles. The third-order valence-corrected chi connectivity index (χ3v) is 6.48. The van der Waals surface area contributed by atoms with E-state index in [1.165, 1.54) is 5.56 Å². The smallest absolute Gasteiger partial charge is 0.109 e. The van der Waals surface area contributed by atoms with E-state index < -0.39 is 0 Å². The molecule has 2 aliphatic rings. The van der Waals surface area contributed by atoms with Crippen LogP contribution in [-0.4, -0.2) is 57.8 Å². The Hall–Kier alpha value is -2.13. The summed E-state index contributed by atoms with van der Waals surface area (Å²) >= 11 is 1.73. The number of benzene rings is 1. The maximum absolute atomic E-state index is 11.6. The maximum Gasteiger partial charge on any atom is 0.109 e. The van der Waals surface area contributed by atoms with E-state index in [0.717, 1.165) is 44.1 Å². The Kier molecular flexibility index (Phi) is 6.68. The van der Waals surface area contributed by atoms with Crippen molar-refractivity contribution in [3.8, 4) is 12.1 Å². The molecule has 0 aliphatic carbocycles. The van der Waals surface area contributed by atoms with E-state index >= 15 is 0 Å². The van der Waals surface area contributed by atoms with Crippen molar-refractivity contribution in [3.05, 3.63) is 40.3 Å². The molecule has 0 N–H and O–H groups in total. The molecule has 2 aliphatic heterocycles. The van der Waals surface area contributed by atoms with Crippen LogP contribution in [0, 0.1) is 27.6 Å². The SMILES string of the molecule is CC(N1CSCC1C#N)N(N=O)C1CCN(Cc2ccc(C#N)cc2)CC1. The largest absolute Gasteiger partial charge is 0.299 e. The number of hydrogen-bond acceptors (Lipinski definition) is 7. The number of thioether (sulfide) groups is 1. The Bertz CT molecular complexity index is 719. The molecule has 0 spiro atoms. The van der Waals surface area contributed by atoms with Crippen LogP contribution in [0.4, 0.5) is 0 Å². The predicted molar refractivity (Wildman–Crippen MR) is 105 cm³/mol. The molecular formula is C19H24N6OS. The molecule has 2 unspecified atom stereocenters. The van der Waals surface area contributed by atoms with Crippen molar-refractivity contribution in [2.75, 3.05) is 24.7 Å². The summed E-state index contributed by atoms with van der Waals surface area (Å²) in [7, 11) is 0. The van der Waals surface area contributed by atoms with E-state index in [9.17, 15) is 10.2 Å². The van der Waals surface area contributed by atoms with Gasteiger partial charge in [0, 0.05) is 31.3 Å². The molecular weight excluding hydrogens is 360 g/mol. The number of piperidine rings is 1. The summed E-state index contributed by atoms with van der Waals surface area (Å²) in [6.45, 7) is 4.63. The van der Waals surface area contributed by atoms with E-state index in [2.05, 4.69) is 27.2 Å². The first kappa shape index (κ1) is 19.6. The second kappa shape index (κ2) is 9.18. The fourth-order valence-corrected chi connectivity index (χ4v) is 5.01. The van der Waals surface area contributed by atoms with Crippen LogP contribution in [0.15, 0.2) is 29.6 Å². The van der Waals surface area contributed by atoms with Gasteiger partial charge in [0.2, 0.25) is 0 Å². The number of nitroso groups, excluding NO2 is 1. The number of nitriles is 2. The van der Waals surface area contributed by atoms with Crippen LogP contribution >= 0.6 is 11.8 Å². The number of likely N-dealkylation sites (tertiary alicyclic amines) is 1. The van der Waals surface area contributed by atoms with Crippen LogP contribution in [-0.2, 0) is 6.54 Å². The zero-order valence-corrected chi connectivity index (χ0v) is 16.3. The summed E-state index contributed by atoms with van der Waals surface area (Å²) in [5.74, 6) is 1.56. The van der Waals surface area contributed by atoms with Gasteiger partial charge in [0.1, 0.15) is 12.2 Å². The van der Waals surface area contributed by atoms with Gasteiger partial charge in [-0.1, -0.05) is 12.1 Å². The van der Waals surface area contributed by atoms with Crippen molar-refractivity contribution in [2.24, 2.45) is 5.29 Å². The highest BCUT2D eigenvalue weighted by Gasteiger charge is 2.36. The number of nitrogens with zero attached hydrogens (tertiary/aromatic N) is 6. The molecule has 0 radical (unpaired) electrons. The first-order valence-corrected chi connectivity index (χ1v) is 10.4. The summed E-state index contributed by atoms with van der Waals surface area (Å²) in [5.41, 5.74) is 1.87. The zero-order chi connectivity index (χ0) is 19.2. The molecule has 0 bridgehead atoms. The lowest BCUT2D eigenvalue weighted by Gasteiger charge is -2.40. The standard InChI is InChI=1S/C19H24N6OS/c1-15(24-14-27-13-19(24)11-21)25(22-26)18-6-8-23(9-7-18)12-17-4-2-16(10-20)3-5-17/h2-5,15,18-19H,6-9,12-14H2,1H3. The second-order valence-electron chi connectivity index (χ2n) is 7.07. The molecule has 2 fully saturated rings. The van der Waals surface area contributed by atoms with Crippen molar-refractivity contribution in [3.63, 3.8) is 0 Å². The lowest BCUT2D eigenvalue weighted by atomic mass is 10.0. The first-order valence-electron chi connectivity index (χ1n) is 9.22. The van der Waals surface area contributed by atoms with Crippen molar-refractivity contribution < 1.29 is 0 Å². The summed E-state index contributed by atoms with van der Waals surface area (Å²) < 4.78 is 0. The third-order valence-electron chi connectivity index (χ3n) is 5.44. The molecule has 2 heterocycles. The van der Waals surface area contributed by atoms with Crippen molar-refractivity contribution in [1.29, 1.82) is 10.5 Å². The Morgan fingerprint density at radius 3 is 2.59 bits per heavy atom. The molecule has 8 heteroatoms. The molecule has 7 nitrogen and oxygen atoms in total. The monoisotopic (exact) mass is 384 g/mol. The molecule has 142 valence electrons. The maximum atomic E-state index is 11.6. The average molecular weight is 385 g/mol. The van der Waals surface area contributed by atoms with Gasteiger partial charge in [0.15, 0.2) is 0 Å². The van der Waals surface area contributed by atoms with Crippen LogP contribution in [0.2, 0.25) is 0 Å². The van der Waals surface area contributed by atoms with Crippen LogP contribution in [0.5, 0.6) is 0 Å². The molecule has 3 rings (SSSR count). The van der Waals surface area contributed by atoms with Gasteiger partial charge in [-0.3, -0.25) is 9.80 Å². The summed E-state index contributed by atoms with van der Waals surface area (Å²) in [4.78, 5) is 16.0. The van der Waals surface area contributed by atoms with Gasteiger partial charge in [-0.15, -0.1) is 16.7 Å². The van der Waals surface area contributed by atoms with E-state index in [4.69, 9.17) is 5.26 Å². The fraction of sp³-hybridized carbons (Fsp3) is 0.579. The Morgan fingerprint density at radius 2 is 2.00 bits per heavy atom. The summed E-state index contributed by atoms with van der Waals surface area (Å²) in [6, 6.07) is 12.1. The van der Waals surface area contributed by atoms with E-state index in [0.29, 0.717) is 5.56 Å². The van der Waals surface area contributed by atoms with Gasteiger partial charge >= 0.3 is 0 Å². The normalized spacial score (nSPS) is 22.7. The summed E-state index contributed by atoms with van der Waals surface area (Å²) in [5, 5.41) is 23.2. The van der Waals surface area contributed by atoms with Gasteiger partial charge in [-0.05, 0) is 37.5 Å². The van der Waals surface area contributed by atoms with Gasteiger partial charge in [0.25, 0.3) is 0 Å². The average Bonchev–Trinajstić information content (AvgIpc) is 3.19. The lowest BCUT2D eigenvalue weighted by Crippen LogP contribution is -2.52. The number of rotatable bonds is 6. The van der Waals surface area contributed by atoms with E-state index in [1.807, 2.05) is 31.2 Å². The third kappa shape index (κ3) is 4.59. The predicted octanol–water partition coefficient (Wildman–Crippen LogP) is 2.75. The molecule has 0 amide bonds. The van der Waals surface area contributed by atoms with Gasteiger partial charge < -0.3 is 0 Å². The van der Waals surface area contributed by atoms with Crippen LogP contribution in [0.1, 0.15) is 30.9 Å². The van der Waals surface area contributed by atoms with Crippen LogP contribution < -0.4 is 0 Å². The van der Waals surface area contributed by atoms with Crippen molar-refractivity contribution in [1.82, 2.24) is 14.8 Å². The van der Waals surface area contributed by atoms with Crippen molar-refractivity contribution in [2.45, 2.75) is 44.6 Å². The lowest BCUT2D eigenvalue weighted by molar-refractivity contribution is 0.00445. The highest BCUT2D eigenvalue weighted by molar-refractivity contribution is 7.99. The van der Waals surface area contributed by atoms with Crippen molar-refractivity contribution >= 4 is 11.8 Å². The highest BCUT2D eigenvalue weighted by Crippen LogP contribution is 2.28. The van der Waals surface area contributed by atoms with Gasteiger partial charge in [0.05, 0.1) is 29.0 Å². The first-order chi connectivity index (χ1) is 13.2. The minimum Gasteiger partial charge on any atom is -0.299 e. The Morgan fingerprint density at radius 1 is 1.30 bits per heavy atom. The molecule has 2 saturated heterocycles. The molecule has 0 aromatic heterocycles. The Labute approximate surface area is 164 Å². The van der Waals surface area contributed by atoms with Crippen LogP contribution in [0.3, 0.4) is 0 Å². The second-order valence-corrected chi connectivity index (χ2v) is 8.07. The minimum atomic E-state index is -0.155. The highest BCUT2D eigenvalue weighted by atomic mass is 32.2. The minimum absolute atomic E-state index is 0.111. The van der Waals surface area contributed by atoms with Crippen LogP contribution in [0.25, 0.3) is 0 Å². The van der Waals surface area contributed by atoms with Gasteiger partial charge in [-0.25, -0.2) is 5.01 Å². The van der Waals surface area contributed by atoms with E-state index in [1.54, 1.807) is 16.8 Å². The van der Waals surface area contributed by atoms with Gasteiger partial charge in [-0.2, -0.15) is 10.5 Å². The molecule has 2 atom stereocenters. The summed E-state index contributed by atoms with van der Waals surface area (Å²) in [6.07, 6.45) is 1.60. The number of hydrogen-bond donors (Lipinski definition) is 0. The Balaban J connectivity index is 1.54. The van der Waals surface area contributed by atoms with E-state index in [-0.39, 0.29) is 18.2 Å². The zero-order valence-electron chi connectivity index (χ0n) is 15.5. The topological polar surface area (TPSA) is 86.7 Å². The molecule has 27 heavy (non-hydrogen) atoms. The molecule has 1 aromatic rings. The molecule has 1 aromatic carbocycles.